The summed E-state index contributed by atoms with van der Waals surface area (Å²) in [6.45, 7) is 2.71. The Bertz CT molecular complexity index is 380. The highest BCUT2D eigenvalue weighted by molar-refractivity contribution is 5.94. The Morgan fingerprint density at radius 1 is 1.33 bits per heavy atom. The molecule has 0 spiro atoms. The maximum Gasteiger partial charge on any atom is 0.337 e. The monoisotopic (exact) mass is 252 g/mol. The van der Waals surface area contributed by atoms with Crippen molar-refractivity contribution >= 4 is 11.7 Å². The van der Waals surface area contributed by atoms with Crippen LogP contribution in [0.5, 0.6) is 0 Å². The molecule has 0 aliphatic rings. The maximum absolute atomic E-state index is 11.0. The van der Waals surface area contributed by atoms with Crippen molar-refractivity contribution in [3.8, 4) is 0 Å². The van der Waals surface area contributed by atoms with Gasteiger partial charge < -0.3 is 20.1 Å². The minimum atomic E-state index is -0.924. The second kappa shape index (κ2) is 7.68. The van der Waals surface area contributed by atoms with Crippen LogP contribution in [0.25, 0.3) is 0 Å². The fraction of sp³-hybridized carbons (Fsp3) is 0.462. The lowest BCUT2D eigenvalue weighted by Crippen LogP contribution is -2.20. The number of nitrogens with zero attached hydrogens (tertiary/aromatic N) is 1. The zero-order chi connectivity index (χ0) is 13.4. The Balaban J connectivity index is 2.29. The highest BCUT2D eigenvalue weighted by atomic mass is 16.5. The standard InChI is InChI=1S/C13H20N2O3/c1-15(2)8-10-18-9-7-14-12-6-4-3-5-11(12)13(16)17/h3-6,14H,7-10H2,1-2H3,(H,16,17). The van der Waals surface area contributed by atoms with Crippen LogP contribution in [0, 0.1) is 0 Å². The molecule has 0 unspecified atom stereocenters. The molecule has 1 rings (SSSR count). The summed E-state index contributed by atoms with van der Waals surface area (Å²) in [5.41, 5.74) is 0.909. The van der Waals surface area contributed by atoms with E-state index in [-0.39, 0.29) is 5.56 Å². The normalized spacial score (nSPS) is 10.6. The maximum atomic E-state index is 11.0. The van der Waals surface area contributed by atoms with Crippen molar-refractivity contribution in [1.82, 2.24) is 4.90 Å². The molecular weight excluding hydrogens is 232 g/mol. The SMILES string of the molecule is CN(C)CCOCCNc1ccccc1C(=O)O. The number of carboxylic acid groups (broad SMARTS) is 1. The van der Waals surface area contributed by atoms with E-state index in [9.17, 15) is 4.79 Å². The fourth-order valence-corrected chi connectivity index (χ4v) is 1.43. The Hall–Kier alpha value is -1.59. The fourth-order valence-electron chi connectivity index (χ4n) is 1.43. The van der Waals surface area contributed by atoms with E-state index in [1.54, 1.807) is 18.2 Å². The van der Waals surface area contributed by atoms with Gasteiger partial charge in [0.25, 0.3) is 0 Å². The molecule has 0 atom stereocenters. The number of aromatic carboxylic acids is 1. The van der Waals surface area contributed by atoms with Gasteiger partial charge in [0.1, 0.15) is 0 Å². The summed E-state index contributed by atoms with van der Waals surface area (Å²) in [5.74, 6) is -0.924. The van der Waals surface area contributed by atoms with Gasteiger partial charge in [0.05, 0.1) is 18.8 Å². The summed E-state index contributed by atoms with van der Waals surface area (Å²) in [7, 11) is 3.98. The van der Waals surface area contributed by atoms with Gasteiger partial charge in [-0.15, -0.1) is 0 Å². The summed E-state index contributed by atoms with van der Waals surface area (Å²) in [6, 6.07) is 6.85. The lowest BCUT2D eigenvalue weighted by Gasteiger charge is -2.11. The Morgan fingerprint density at radius 3 is 2.72 bits per heavy atom. The van der Waals surface area contributed by atoms with E-state index in [1.165, 1.54) is 0 Å². The molecule has 5 heteroatoms. The second-order valence-electron chi connectivity index (χ2n) is 4.19. The molecule has 100 valence electrons. The lowest BCUT2D eigenvalue weighted by molar-refractivity contribution is 0.0697. The molecule has 0 amide bonds. The van der Waals surface area contributed by atoms with E-state index >= 15 is 0 Å². The van der Waals surface area contributed by atoms with Crippen LogP contribution >= 0.6 is 0 Å². The number of para-hydroxylation sites is 1. The third kappa shape index (κ3) is 5.16. The van der Waals surface area contributed by atoms with Crippen molar-refractivity contribution in [2.75, 3.05) is 45.7 Å². The van der Waals surface area contributed by atoms with Gasteiger partial charge in [0, 0.05) is 18.8 Å². The molecule has 1 aromatic carbocycles. The van der Waals surface area contributed by atoms with E-state index in [1.807, 2.05) is 25.1 Å². The van der Waals surface area contributed by atoms with E-state index < -0.39 is 5.97 Å². The smallest absolute Gasteiger partial charge is 0.337 e. The summed E-state index contributed by atoms with van der Waals surface area (Å²) in [5, 5.41) is 12.1. The van der Waals surface area contributed by atoms with Gasteiger partial charge in [-0.05, 0) is 26.2 Å². The van der Waals surface area contributed by atoms with E-state index in [0.29, 0.717) is 25.4 Å². The number of ether oxygens (including phenoxy) is 1. The molecule has 0 saturated carbocycles. The van der Waals surface area contributed by atoms with E-state index in [0.717, 1.165) is 6.54 Å². The summed E-state index contributed by atoms with van der Waals surface area (Å²) >= 11 is 0. The Labute approximate surface area is 107 Å². The van der Waals surface area contributed by atoms with Crippen LogP contribution < -0.4 is 5.32 Å². The van der Waals surface area contributed by atoms with Gasteiger partial charge in [0.15, 0.2) is 0 Å². The number of likely N-dealkylation sites (N-methyl/N-ethyl adjacent to an activating group) is 1. The zero-order valence-corrected chi connectivity index (χ0v) is 10.8. The molecule has 0 aliphatic carbocycles. The molecule has 0 aliphatic heterocycles. The highest BCUT2D eigenvalue weighted by Gasteiger charge is 2.07. The topological polar surface area (TPSA) is 61.8 Å². The average Bonchev–Trinajstić information content (AvgIpc) is 2.33. The van der Waals surface area contributed by atoms with Gasteiger partial charge in [-0.25, -0.2) is 4.79 Å². The average molecular weight is 252 g/mol. The molecule has 2 N–H and O–H groups in total. The number of hydrogen-bond acceptors (Lipinski definition) is 4. The molecular formula is C13H20N2O3. The van der Waals surface area contributed by atoms with Crippen LogP contribution in [0.2, 0.25) is 0 Å². The Morgan fingerprint density at radius 2 is 2.06 bits per heavy atom. The highest BCUT2D eigenvalue weighted by Crippen LogP contribution is 2.14. The summed E-state index contributed by atoms with van der Waals surface area (Å²) in [6.07, 6.45) is 0. The predicted molar refractivity (Wildman–Crippen MR) is 71.3 cm³/mol. The van der Waals surface area contributed by atoms with Crippen LogP contribution in [0.3, 0.4) is 0 Å². The van der Waals surface area contributed by atoms with Gasteiger partial charge >= 0.3 is 5.97 Å². The first kappa shape index (κ1) is 14.5. The summed E-state index contributed by atoms with van der Waals surface area (Å²) < 4.78 is 5.41. The van der Waals surface area contributed by atoms with Crippen molar-refractivity contribution < 1.29 is 14.6 Å². The van der Waals surface area contributed by atoms with Crippen LogP contribution in [-0.4, -0.2) is 56.4 Å². The van der Waals surface area contributed by atoms with Gasteiger partial charge in [-0.3, -0.25) is 0 Å². The minimum Gasteiger partial charge on any atom is -0.478 e. The van der Waals surface area contributed by atoms with Crippen molar-refractivity contribution in [2.24, 2.45) is 0 Å². The van der Waals surface area contributed by atoms with E-state index in [2.05, 4.69) is 5.32 Å². The number of benzene rings is 1. The predicted octanol–water partition coefficient (Wildman–Crippen LogP) is 1.37. The zero-order valence-electron chi connectivity index (χ0n) is 10.8. The third-order valence-electron chi connectivity index (χ3n) is 2.40. The minimum absolute atomic E-state index is 0.283. The third-order valence-corrected chi connectivity index (χ3v) is 2.40. The molecule has 0 heterocycles. The van der Waals surface area contributed by atoms with Gasteiger partial charge in [-0.2, -0.15) is 0 Å². The van der Waals surface area contributed by atoms with Crippen molar-refractivity contribution in [3.05, 3.63) is 29.8 Å². The number of nitrogens with one attached hydrogen (secondary N) is 1. The number of carbonyl (C=O) groups is 1. The molecule has 5 nitrogen and oxygen atoms in total. The van der Waals surface area contributed by atoms with Gasteiger partial charge in [0.2, 0.25) is 0 Å². The lowest BCUT2D eigenvalue weighted by atomic mass is 10.2. The Kier molecular flexibility index (Phi) is 6.18. The number of carboxylic acids is 1. The van der Waals surface area contributed by atoms with Crippen molar-refractivity contribution in [2.45, 2.75) is 0 Å². The van der Waals surface area contributed by atoms with Crippen molar-refractivity contribution in [1.29, 1.82) is 0 Å². The molecule has 0 fully saturated rings. The van der Waals surface area contributed by atoms with Crippen LogP contribution in [0.15, 0.2) is 24.3 Å². The van der Waals surface area contributed by atoms with Gasteiger partial charge in [-0.1, -0.05) is 12.1 Å². The van der Waals surface area contributed by atoms with Crippen LogP contribution in [0.4, 0.5) is 5.69 Å². The molecule has 0 saturated heterocycles. The molecule has 0 bridgehead atoms. The number of rotatable bonds is 8. The van der Waals surface area contributed by atoms with Crippen LogP contribution in [0.1, 0.15) is 10.4 Å². The number of anilines is 1. The van der Waals surface area contributed by atoms with Crippen molar-refractivity contribution in [3.63, 3.8) is 0 Å². The first-order chi connectivity index (χ1) is 8.61. The molecule has 0 aromatic heterocycles. The first-order valence-electron chi connectivity index (χ1n) is 5.90. The largest absolute Gasteiger partial charge is 0.478 e. The summed E-state index contributed by atoms with van der Waals surface area (Å²) in [4.78, 5) is 13.0. The first-order valence-corrected chi connectivity index (χ1v) is 5.90. The molecule has 0 radical (unpaired) electrons. The second-order valence-corrected chi connectivity index (χ2v) is 4.19. The van der Waals surface area contributed by atoms with E-state index in [4.69, 9.17) is 9.84 Å². The van der Waals surface area contributed by atoms with Crippen LogP contribution in [-0.2, 0) is 4.74 Å². The molecule has 18 heavy (non-hydrogen) atoms. The quantitative estimate of drug-likeness (QED) is 0.684. The molecule has 1 aromatic rings. The number of hydrogen-bond donors (Lipinski definition) is 2.